The van der Waals surface area contributed by atoms with E-state index in [0.717, 1.165) is 4.47 Å². The Labute approximate surface area is 136 Å². The lowest BCUT2D eigenvalue weighted by molar-refractivity contribution is 0.0939. The van der Waals surface area contributed by atoms with E-state index in [2.05, 4.69) is 21.2 Å². The first-order chi connectivity index (χ1) is 9.86. The van der Waals surface area contributed by atoms with Gasteiger partial charge in [0.25, 0.3) is 5.91 Å². The monoisotopic (exact) mass is 369 g/mol. The van der Waals surface area contributed by atoms with Crippen molar-refractivity contribution < 1.29 is 9.18 Å². The summed E-state index contributed by atoms with van der Waals surface area (Å²) < 4.78 is 14.3. The third kappa shape index (κ3) is 4.05. The number of carbonyl (C=O) groups is 1. The quantitative estimate of drug-likeness (QED) is 0.805. The van der Waals surface area contributed by atoms with Crippen molar-refractivity contribution in [3.05, 3.63) is 68.4 Å². The summed E-state index contributed by atoms with van der Waals surface area (Å²) in [5, 5.41) is 3.30. The van der Waals surface area contributed by atoms with E-state index in [9.17, 15) is 9.18 Å². The molecule has 2 aromatic rings. The molecule has 1 amide bonds. The molecular weight excluding hydrogens is 357 g/mol. The molecule has 0 saturated carbocycles. The lowest BCUT2D eigenvalue weighted by Crippen LogP contribution is -2.26. The Hall–Kier alpha value is -1.39. The van der Waals surface area contributed by atoms with Crippen LogP contribution in [0.5, 0.6) is 0 Å². The van der Waals surface area contributed by atoms with Gasteiger partial charge in [-0.3, -0.25) is 4.79 Å². The van der Waals surface area contributed by atoms with Gasteiger partial charge in [-0.1, -0.05) is 39.7 Å². The number of carbonyl (C=O) groups excluding carboxylic acids is 1. The minimum absolute atomic E-state index is 0.258. The Morgan fingerprint density at radius 1 is 1.29 bits per heavy atom. The minimum Gasteiger partial charge on any atom is -0.346 e. The molecule has 0 spiro atoms. The predicted molar refractivity (Wildman–Crippen MR) is 86.2 cm³/mol. The second-order valence-electron chi connectivity index (χ2n) is 4.86. The number of hydrogen-bond acceptors (Lipinski definition) is 1. The maximum absolute atomic E-state index is 13.6. The normalized spacial score (nSPS) is 12.0. The molecule has 1 atom stereocenters. The van der Waals surface area contributed by atoms with Crippen LogP contribution in [0, 0.1) is 12.7 Å². The fraction of sp³-hybridized carbons (Fsp3) is 0.188. The van der Waals surface area contributed by atoms with Crippen LogP contribution < -0.4 is 5.32 Å². The van der Waals surface area contributed by atoms with Gasteiger partial charge in [0.1, 0.15) is 5.82 Å². The molecule has 0 aliphatic heterocycles. The summed E-state index contributed by atoms with van der Waals surface area (Å²) in [6, 6.07) is 9.62. The standard InChI is InChI=1S/C16H14BrClFNO/c1-9-3-4-11(7-15(9)19)10(2)20-16(21)12-5-13(17)8-14(18)6-12/h3-8,10H,1-2H3,(H,20,21). The van der Waals surface area contributed by atoms with E-state index in [1.165, 1.54) is 6.07 Å². The van der Waals surface area contributed by atoms with Crippen LogP contribution in [-0.2, 0) is 0 Å². The summed E-state index contributed by atoms with van der Waals surface area (Å²) in [6.45, 7) is 3.51. The van der Waals surface area contributed by atoms with Gasteiger partial charge in [0, 0.05) is 15.1 Å². The van der Waals surface area contributed by atoms with Crippen molar-refractivity contribution in [2.75, 3.05) is 0 Å². The van der Waals surface area contributed by atoms with E-state index in [4.69, 9.17) is 11.6 Å². The molecule has 0 aliphatic rings. The number of benzene rings is 2. The molecule has 2 rings (SSSR count). The SMILES string of the molecule is Cc1ccc(C(C)NC(=O)c2cc(Cl)cc(Br)c2)cc1F. The fourth-order valence-corrected chi connectivity index (χ4v) is 2.79. The highest BCUT2D eigenvalue weighted by molar-refractivity contribution is 9.10. The molecule has 2 aromatic carbocycles. The summed E-state index contributed by atoms with van der Waals surface area (Å²) in [5.74, 6) is -0.536. The number of amides is 1. The van der Waals surface area contributed by atoms with Crippen LogP contribution in [0.1, 0.15) is 34.5 Å². The molecule has 0 aliphatic carbocycles. The van der Waals surface area contributed by atoms with Crippen LogP contribution in [0.15, 0.2) is 40.9 Å². The number of aryl methyl sites for hydroxylation is 1. The van der Waals surface area contributed by atoms with Crippen LogP contribution in [0.4, 0.5) is 4.39 Å². The van der Waals surface area contributed by atoms with Gasteiger partial charge in [0.15, 0.2) is 0 Å². The van der Waals surface area contributed by atoms with Crippen molar-refractivity contribution in [1.29, 1.82) is 0 Å². The molecule has 0 aromatic heterocycles. The van der Waals surface area contributed by atoms with Gasteiger partial charge in [0.05, 0.1) is 6.04 Å². The first kappa shape index (κ1) is 16.0. The maximum Gasteiger partial charge on any atom is 0.251 e. The van der Waals surface area contributed by atoms with Crippen LogP contribution in [0.25, 0.3) is 0 Å². The molecule has 0 radical (unpaired) electrons. The molecule has 21 heavy (non-hydrogen) atoms. The van der Waals surface area contributed by atoms with Crippen LogP contribution >= 0.6 is 27.5 Å². The Balaban J connectivity index is 2.16. The van der Waals surface area contributed by atoms with Gasteiger partial charge in [0.2, 0.25) is 0 Å². The van der Waals surface area contributed by atoms with Crippen LogP contribution in [-0.4, -0.2) is 5.91 Å². The molecule has 0 saturated heterocycles. The van der Waals surface area contributed by atoms with Gasteiger partial charge in [-0.2, -0.15) is 0 Å². The zero-order chi connectivity index (χ0) is 15.6. The van der Waals surface area contributed by atoms with Crippen molar-refractivity contribution >= 4 is 33.4 Å². The Kier molecular flexibility index (Phi) is 5.01. The molecule has 2 nitrogen and oxygen atoms in total. The lowest BCUT2D eigenvalue weighted by atomic mass is 10.1. The molecule has 0 fully saturated rings. The van der Waals surface area contributed by atoms with Crippen molar-refractivity contribution in [2.24, 2.45) is 0 Å². The van der Waals surface area contributed by atoms with E-state index < -0.39 is 0 Å². The third-order valence-electron chi connectivity index (χ3n) is 3.17. The highest BCUT2D eigenvalue weighted by atomic mass is 79.9. The van der Waals surface area contributed by atoms with E-state index in [1.807, 2.05) is 6.92 Å². The topological polar surface area (TPSA) is 29.1 Å². The fourth-order valence-electron chi connectivity index (χ4n) is 1.93. The number of rotatable bonds is 3. The Bertz CT molecular complexity index is 670. The summed E-state index contributed by atoms with van der Waals surface area (Å²) >= 11 is 9.22. The molecule has 110 valence electrons. The van der Waals surface area contributed by atoms with Crippen molar-refractivity contribution in [3.63, 3.8) is 0 Å². The number of nitrogens with one attached hydrogen (secondary N) is 1. The predicted octanol–water partition coefficient (Wildman–Crippen LogP) is 5.04. The third-order valence-corrected chi connectivity index (χ3v) is 3.84. The highest BCUT2D eigenvalue weighted by Gasteiger charge is 2.13. The highest BCUT2D eigenvalue weighted by Crippen LogP contribution is 2.21. The van der Waals surface area contributed by atoms with E-state index >= 15 is 0 Å². The van der Waals surface area contributed by atoms with E-state index in [0.29, 0.717) is 21.7 Å². The van der Waals surface area contributed by atoms with E-state index in [-0.39, 0.29) is 17.8 Å². The van der Waals surface area contributed by atoms with Gasteiger partial charge in [-0.05, 0) is 49.2 Å². The molecule has 0 heterocycles. The summed E-state index contributed by atoms with van der Waals surface area (Å²) in [4.78, 5) is 12.2. The largest absolute Gasteiger partial charge is 0.346 e. The zero-order valence-electron chi connectivity index (χ0n) is 11.6. The van der Waals surface area contributed by atoms with Crippen LogP contribution in [0.3, 0.4) is 0 Å². The lowest BCUT2D eigenvalue weighted by Gasteiger charge is -2.15. The second kappa shape index (κ2) is 6.58. The number of halogens is 3. The maximum atomic E-state index is 13.6. The molecule has 1 unspecified atom stereocenters. The van der Waals surface area contributed by atoms with Gasteiger partial charge in [-0.15, -0.1) is 0 Å². The van der Waals surface area contributed by atoms with E-state index in [1.54, 1.807) is 37.3 Å². The first-order valence-electron chi connectivity index (χ1n) is 6.40. The number of hydrogen-bond donors (Lipinski definition) is 1. The summed E-state index contributed by atoms with van der Waals surface area (Å²) in [6.07, 6.45) is 0. The van der Waals surface area contributed by atoms with Gasteiger partial charge < -0.3 is 5.32 Å². The Morgan fingerprint density at radius 2 is 2.00 bits per heavy atom. The van der Waals surface area contributed by atoms with Gasteiger partial charge >= 0.3 is 0 Å². The minimum atomic E-state index is -0.301. The van der Waals surface area contributed by atoms with Crippen molar-refractivity contribution in [1.82, 2.24) is 5.32 Å². The average molecular weight is 371 g/mol. The van der Waals surface area contributed by atoms with Gasteiger partial charge in [-0.25, -0.2) is 4.39 Å². The molecule has 5 heteroatoms. The Morgan fingerprint density at radius 3 is 2.62 bits per heavy atom. The first-order valence-corrected chi connectivity index (χ1v) is 7.57. The molecular formula is C16H14BrClFNO. The van der Waals surface area contributed by atoms with Crippen molar-refractivity contribution in [3.8, 4) is 0 Å². The smallest absolute Gasteiger partial charge is 0.251 e. The van der Waals surface area contributed by atoms with Crippen molar-refractivity contribution in [2.45, 2.75) is 19.9 Å². The second-order valence-corrected chi connectivity index (χ2v) is 6.21. The van der Waals surface area contributed by atoms with Crippen LogP contribution in [0.2, 0.25) is 5.02 Å². The summed E-state index contributed by atoms with van der Waals surface area (Å²) in [7, 11) is 0. The molecule has 1 N–H and O–H groups in total. The molecule has 0 bridgehead atoms. The zero-order valence-corrected chi connectivity index (χ0v) is 13.9. The average Bonchev–Trinajstić information content (AvgIpc) is 2.40. The summed E-state index contributed by atoms with van der Waals surface area (Å²) in [5.41, 5.74) is 1.75.